The number of hydrogen-bond acceptors (Lipinski definition) is 5. The number of nitrogens with zero attached hydrogens (tertiary/aromatic N) is 1. The third-order valence-corrected chi connectivity index (χ3v) is 3.89. The van der Waals surface area contributed by atoms with Crippen molar-refractivity contribution < 1.29 is 18.1 Å². The predicted molar refractivity (Wildman–Crippen MR) is 66.6 cm³/mol. The molecule has 0 spiro atoms. The number of nitro benzene ring substituents is 1. The lowest BCUT2D eigenvalue weighted by atomic mass is 10.2. The molecule has 9 heteroatoms. The van der Waals surface area contributed by atoms with Crippen LogP contribution in [0.1, 0.15) is 6.92 Å². The topological polar surface area (TPSA) is 132 Å². The van der Waals surface area contributed by atoms with Crippen LogP contribution in [0.15, 0.2) is 29.2 Å². The van der Waals surface area contributed by atoms with Crippen molar-refractivity contribution in [2.45, 2.75) is 11.8 Å². The number of para-hydroxylation sites is 1. The highest BCUT2D eigenvalue weighted by atomic mass is 32.2. The number of amides is 1. The minimum absolute atomic E-state index is 0.219. The van der Waals surface area contributed by atoms with Crippen molar-refractivity contribution in [2.75, 3.05) is 6.54 Å². The molecular weight excluding hydrogens is 274 g/mol. The molecule has 0 heterocycles. The summed E-state index contributed by atoms with van der Waals surface area (Å²) in [5.41, 5.74) is 4.47. The zero-order chi connectivity index (χ0) is 14.6. The Kier molecular flexibility index (Phi) is 4.57. The van der Waals surface area contributed by atoms with Crippen molar-refractivity contribution in [2.24, 2.45) is 11.7 Å². The zero-order valence-corrected chi connectivity index (χ0v) is 10.9. The standard InChI is InChI=1S/C10H13N3O5S/c1-7(10(11)14)6-12-19(17,18)9-5-3-2-4-8(9)13(15)16/h2-5,7,12H,6H2,1H3,(H2,11,14). The molecule has 0 radical (unpaired) electrons. The fourth-order valence-electron chi connectivity index (χ4n) is 1.25. The summed E-state index contributed by atoms with van der Waals surface area (Å²) in [5, 5.41) is 10.8. The van der Waals surface area contributed by atoms with Gasteiger partial charge >= 0.3 is 0 Å². The van der Waals surface area contributed by atoms with Crippen LogP contribution < -0.4 is 10.5 Å². The number of benzene rings is 1. The minimum Gasteiger partial charge on any atom is -0.369 e. The van der Waals surface area contributed by atoms with E-state index in [2.05, 4.69) is 4.72 Å². The Hall–Kier alpha value is -2.00. The molecule has 0 saturated carbocycles. The summed E-state index contributed by atoms with van der Waals surface area (Å²) >= 11 is 0. The van der Waals surface area contributed by atoms with Gasteiger partial charge in [-0.2, -0.15) is 0 Å². The van der Waals surface area contributed by atoms with Crippen molar-refractivity contribution in [3.63, 3.8) is 0 Å². The van der Waals surface area contributed by atoms with E-state index in [-0.39, 0.29) is 6.54 Å². The highest BCUT2D eigenvalue weighted by Gasteiger charge is 2.25. The fourth-order valence-corrected chi connectivity index (χ4v) is 2.55. The van der Waals surface area contributed by atoms with E-state index in [4.69, 9.17) is 5.73 Å². The Morgan fingerprint density at radius 2 is 2.05 bits per heavy atom. The Balaban J connectivity index is 3.01. The molecule has 19 heavy (non-hydrogen) atoms. The van der Waals surface area contributed by atoms with Gasteiger partial charge in [0.15, 0.2) is 4.90 Å². The van der Waals surface area contributed by atoms with E-state index in [0.717, 1.165) is 12.1 Å². The van der Waals surface area contributed by atoms with E-state index in [1.807, 2.05) is 0 Å². The highest BCUT2D eigenvalue weighted by Crippen LogP contribution is 2.22. The van der Waals surface area contributed by atoms with Gasteiger partial charge in [-0.05, 0) is 6.07 Å². The lowest BCUT2D eigenvalue weighted by Crippen LogP contribution is -2.34. The fraction of sp³-hybridized carbons (Fsp3) is 0.300. The van der Waals surface area contributed by atoms with Gasteiger partial charge in [0, 0.05) is 18.5 Å². The van der Waals surface area contributed by atoms with Crippen LogP contribution in [-0.4, -0.2) is 25.8 Å². The molecule has 104 valence electrons. The zero-order valence-electron chi connectivity index (χ0n) is 10.1. The first-order valence-electron chi connectivity index (χ1n) is 5.28. The van der Waals surface area contributed by atoms with Gasteiger partial charge in [0.2, 0.25) is 15.9 Å². The van der Waals surface area contributed by atoms with Crippen LogP contribution in [-0.2, 0) is 14.8 Å². The number of carbonyl (C=O) groups is 1. The van der Waals surface area contributed by atoms with Gasteiger partial charge in [-0.15, -0.1) is 0 Å². The van der Waals surface area contributed by atoms with Gasteiger partial charge in [0.05, 0.1) is 4.92 Å². The van der Waals surface area contributed by atoms with Crippen LogP contribution in [0.3, 0.4) is 0 Å². The lowest BCUT2D eigenvalue weighted by Gasteiger charge is -2.10. The Morgan fingerprint density at radius 1 is 1.47 bits per heavy atom. The van der Waals surface area contributed by atoms with E-state index >= 15 is 0 Å². The van der Waals surface area contributed by atoms with Crippen LogP contribution in [0.25, 0.3) is 0 Å². The van der Waals surface area contributed by atoms with Crippen molar-refractivity contribution in [1.82, 2.24) is 4.72 Å². The molecule has 0 aliphatic rings. The van der Waals surface area contributed by atoms with E-state index < -0.39 is 37.4 Å². The number of nitro groups is 1. The molecule has 0 saturated heterocycles. The minimum atomic E-state index is -4.06. The second-order valence-corrected chi connectivity index (χ2v) is 5.62. The highest BCUT2D eigenvalue weighted by molar-refractivity contribution is 7.89. The van der Waals surface area contributed by atoms with Crippen LogP contribution in [0.4, 0.5) is 5.69 Å². The van der Waals surface area contributed by atoms with Crippen LogP contribution in [0.2, 0.25) is 0 Å². The molecule has 1 aromatic rings. The average molecular weight is 287 g/mol. The molecule has 1 unspecified atom stereocenters. The normalized spacial score (nSPS) is 12.9. The predicted octanol–water partition coefficient (Wildman–Crippen LogP) is -0.00550. The largest absolute Gasteiger partial charge is 0.369 e. The van der Waals surface area contributed by atoms with Gasteiger partial charge in [-0.1, -0.05) is 19.1 Å². The number of nitrogens with two attached hydrogens (primary N) is 1. The maximum atomic E-state index is 11.9. The Labute approximate surface area is 109 Å². The van der Waals surface area contributed by atoms with Crippen molar-refractivity contribution in [3.05, 3.63) is 34.4 Å². The maximum Gasteiger partial charge on any atom is 0.289 e. The molecule has 0 bridgehead atoms. The number of hydrogen-bond donors (Lipinski definition) is 2. The molecule has 1 aromatic carbocycles. The summed E-state index contributed by atoms with van der Waals surface area (Å²) in [6.07, 6.45) is 0. The molecule has 1 amide bonds. The third-order valence-electron chi connectivity index (χ3n) is 2.42. The van der Waals surface area contributed by atoms with Crippen molar-refractivity contribution in [1.29, 1.82) is 0 Å². The van der Waals surface area contributed by atoms with Crippen LogP contribution in [0.5, 0.6) is 0 Å². The molecule has 3 N–H and O–H groups in total. The monoisotopic (exact) mass is 287 g/mol. The van der Waals surface area contributed by atoms with Gasteiger partial charge < -0.3 is 5.73 Å². The first-order chi connectivity index (χ1) is 8.75. The lowest BCUT2D eigenvalue weighted by molar-refractivity contribution is -0.387. The van der Waals surface area contributed by atoms with E-state index in [0.29, 0.717) is 0 Å². The summed E-state index contributed by atoms with van der Waals surface area (Å²) in [5.74, 6) is -1.37. The molecule has 0 aromatic heterocycles. The molecular formula is C10H13N3O5S. The second-order valence-electron chi connectivity index (χ2n) is 3.88. The Bertz CT molecular complexity index is 599. The molecule has 1 rings (SSSR count). The Morgan fingerprint density at radius 3 is 2.58 bits per heavy atom. The van der Waals surface area contributed by atoms with Crippen molar-refractivity contribution >= 4 is 21.6 Å². The van der Waals surface area contributed by atoms with Gasteiger partial charge in [-0.3, -0.25) is 14.9 Å². The quantitative estimate of drug-likeness (QED) is 0.561. The molecule has 8 nitrogen and oxygen atoms in total. The maximum absolute atomic E-state index is 11.9. The summed E-state index contributed by atoms with van der Waals surface area (Å²) in [7, 11) is -4.06. The molecule has 0 aliphatic carbocycles. The SMILES string of the molecule is CC(CNS(=O)(=O)c1ccccc1[N+](=O)[O-])C(N)=O. The number of nitrogens with one attached hydrogen (secondary N) is 1. The van der Waals surface area contributed by atoms with E-state index in [9.17, 15) is 23.3 Å². The second kappa shape index (κ2) is 5.76. The summed E-state index contributed by atoms with van der Waals surface area (Å²) in [6, 6.07) is 4.95. The number of sulfonamides is 1. The van der Waals surface area contributed by atoms with E-state index in [1.54, 1.807) is 0 Å². The average Bonchev–Trinajstić information content (AvgIpc) is 2.35. The number of primary amides is 1. The first kappa shape index (κ1) is 15.1. The van der Waals surface area contributed by atoms with Gasteiger partial charge in [0.25, 0.3) is 5.69 Å². The molecule has 0 fully saturated rings. The third kappa shape index (κ3) is 3.73. The van der Waals surface area contributed by atoms with Gasteiger partial charge in [0.1, 0.15) is 0 Å². The smallest absolute Gasteiger partial charge is 0.289 e. The van der Waals surface area contributed by atoms with Crippen LogP contribution in [0, 0.1) is 16.0 Å². The summed E-state index contributed by atoms with van der Waals surface area (Å²) < 4.78 is 26.0. The number of rotatable bonds is 6. The number of carbonyl (C=O) groups excluding carboxylic acids is 1. The van der Waals surface area contributed by atoms with E-state index in [1.165, 1.54) is 19.1 Å². The summed E-state index contributed by atoms with van der Waals surface area (Å²) in [4.78, 5) is 20.3. The van der Waals surface area contributed by atoms with Crippen LogP contribution >= 0.6 is 0 Å². The molecule has 1 atom stereocenters. The summed E-state index contributed by atoms with van der Waals surface area (Å²) in [6.45, 7) is 1.23. The molecule has 0 aliphatic heterocycles. The first-order valence-corrected chi connectivity index (χ1v) is 6.76. The van der Waals surface area contributed by atoms with Crippen molar-refractivity contribution in [3.8, 4) is 0 Å². The van der Waals surface area contributed by atoms with Gasteiger partial charge in [-0.25, -0.2) is 13.1 Å².